The van der Waals surface area contributed by atoms with Crippen molar-refractivity contribution in [3.05, 3.63) is 35.4 Å². The molecule has 0 aliphatic heterocycles. The number of carbonyl (C=O) groups excluding carboxylic acids is 1. The molecule has 0 unspecified atom stereocenters. The Morgan fingerprint density at radius 1 is 1.00 bits per heavy atom. The van der Waals surface area contributed by atoms with Gasteiger partial charge in [0.15, 0.2) is 5.78 Å². The Hall–Kier alpha value is -1.57. The van der Waals surface area contributed by atoms with Crippen molar-refractivity contribution in [3.63, 3.8) is 0 Å². The molecule has 0 N–H and O–H groups in total. The number of ketones is 1. The summed E-state index contributed by atoms with van der Waals surface area (Å²) in [5.74, 6) is 4.42. The second-order valence-electron chi connectivity index (χ2n) is 11.1. The Labute approximate surface area is 182 Å². The molecule has 0 saturated heterocycles. The summed E-state index contributed by atoms with van der Waals surface area (Å²) in [4.78, 5) is 13.6. The normalized spacial score (nSPS) is 41.8. The van der Waals surface area contributed by atoms with Gasteiger partial charge in [0.1, 0.15) is 5.75 Å². The van der Waals surface area contributed by atoms with E-state index in [1.165, 1.54) is 44.9 Å². The minimum atomic E-state index is -0.129. The van der Waals surface area contributed by atoms with Crippen molar-refractivity contribution < 1.29 is 9.53 Å². The van der Waals surface area contributed by atoms with E-state index in [2.05, 4.69) is 32.1 Å². The van der Waals surface area contributed by atoms with Crippen molar-refractivity contribution in [1.29, 1.82) is 0 Å². The first kappa shape index (κ1) is 20.3. The van der Waals surface area contributed by atoms with Gasteiger partial charge in [-0.1, -0.05) is 38.8 Å². The van der Waals surface area contributed by atoms with Crippen LogP contribution in [-0.2, 0) is 4.79 Å². The first-order valence-corrected chi connectivity index (χ1v) is 12.4. The molecule has 0 amide bonds. The van der Waals surface area contributed by atoms with Crippen molar-refractivity contribution in [1.82, 2.24) is 0 Å². The van der Waals surface area contributed by atoms with Crippen LogP contribution >= 0.6 is 0 Å². The second-order valence-corrected chi connectivity index (χ2v) is 11.1. The molecule has 1 aromatic rings. The maximum absolute atomic E-state index is 13.6. The van der Waals surface area contributed by atoms with Gasteiger partial charge >= 0.3 is 0 Å². The van der Waals surface area contributed by atoms with E-state index >= 15 is 0 Å². The number of fused-ring (bicyclic) bond motifs is 5. The highest BCUT2D eigenvalue weighted by Gasteiger charge is 2.60. The van der Waals surface area contributed by atoms with Gasteiger partial charge in [0.25, 0.3) is 0 Å². The lowest BCUT2D eigenvalue weighted by atomic mass is 9.45. The third kappa shape index (κ3) is 3.09. The molecule has 162 valence electrons. The lowest BCUT2D eigenvalue weighted by molar-refractivity contribution is -0.137. The largest absolute Gasteiger partial charge is 0.494 e. The molecule has 4 fully saturated rings. The van der Waals surface area contributed by atoms with E-state index in [-0.39, 0.29) is 5.41 Å². The minimum Gasteiger partial charge on any atom is -0.494 e. The average Bonchev–Trinajstić information content (AvgIpc) is 3.00. The number of carbonyl (C=O) groups is 1. The lowest BCUT2D eigenvalue weighted by Crippen LogP contribution is -2.52. The van der Waals surface area contributed by atoms with Crippen molar-refractivity contribution in [2.75, 3.05) is 6.61 Å². The third-order valence-corrected chi connectivity index (χ3v) is 9.76. The first-order chi connectivity index (χ1) is 14.5. The Morgan fingerprint density at radius 2 is 1.80 bits per heavy atom. The standard InChI is InChI=1S/C28H38O2/c1-4-30-22-11-8-19(9-12-22)17-20-18-25-23-13-10-21-7-5-6-15-27(21,2)24(23)14-16-28(25,3)26(20)29/h8-9,11-12,17,21,23-25H,4-7,10,13-16,18H2,1-3H3/b20-17+/t21-,23-,24+,25-,27+,28+/m1/s1. The summed E-state index contributed by atoms with van der Waals surface area (Å²) in [6.07, 6.45) is 14.0. The van der Waals surface area contributed by atoms with E-state index in [9.17, 15) is 4.79 Å². The molecule has 1 aromatic carbocycles. The minimum absolute atomic E-state index is 0.129. The van der Waals surface area contributed by atoms with Crippen molar-refractivity contribution >= 4 is 11.9 Å². The van der Waals surface area contributed by atoms with Crippen LogP contribution in [0.15, 0.2) is 29.8 Å². The molecule has 0 radical (unpaired) electrons. The smallest absolute Gasteiger partial charge is 0.165 e. The quantitative estimate of drug-likeness (QED) is 0.501. The fraction of sp³-hybridized carbons (Fsp3) is 0.679. The van der Waals surface area contributed by atoms with Gasteiger partial charge in [-0.05, 0) is 110 Å². The van der Waals surface area contributed by atoms with Gasteiger partial charge in [0.2, 0.25) is 0 Å². The molecule has 4 aliphatic rings. The van der Waals surface area contributed by atoms with E-state index in [0.29, 0.717) is 23.7 Å². The molecule has 0 aromatic heterocycles. The van der Waals surface area contributed by atoms with E-state index in [4.69, 9.17) is 4.74 Å². The summed E-state index contributed by atoms with van der Waals surface area (Å²) >= 11 is 0. The van der Waals surface area contributed by atoms with Crippen LogP contribution in [0.5, 0.6) is 5.75 Å². The van der Waals surface area contributed by atoms with Gasteiger partial charge < -0.3 is 4.74 Å². The number of benzene rings is 1. The number of Topliss-reactive ketones (excluding diaryl/α,β-unsaturated/α-hetero) is 1. The summed E-state index contributed by atoms with van der Waals surface area (Å²) in [5, 5.41) is 0. The number of allylic oxidation sites excluding steroid dienone is 1. The molecule has 2 heteroatoms. The summed E-state index contributed by atoms with van der Waals surface area (Å²) in [6, 6.07) is 8.22. The van der Waals surface area contributed by atoms with Crippen LogP contribution in [0.25, 0.3) is 6.08 Å². The zero-order valence-corrected chi connectivity index (χ0v) is 19.1. The fourth-order valence-corrected chi connectivity index (χ4v) is 8.12. The molecule has 2 nitrogen and oxygen atoms in total. The molecule has 0 heterocycles. The third-order valence-electron chi connectivity index (χ3n) is 9.76. The Morgan fingerprint density at radius 3 is 2.57 bits per heavy atom. The van der Waals surface area contributed by atoms with Gasteiger partial charge in [-0.3, -0.25) is 4.79 Å². The number of ether oxygens (including phenoxy) is 1. The monoisotopic (exact) mass is 406 g/mol. The van der Waals surface area contributed by atoms with Crippen LogP contribution in [0.3, 0.4) is 0 Å². The Balaban J connectivity index is 1.41. The molecular weight excluding hydrogens is 368 g/mol. The van der Waals surface area contributed by atoms with Crippen LogP contribution in [0.1, 0.15) is 84.1 Å². The molecule has 4 aliphatic carbocycles. The van der Waals surface area contributed by atoms with Gasteiger partial charge in [0.05, 0.1) is 6.61 Å². The van der Waals surface area contributed by atoms with Crippen LogP contribution < -0.4 is 4.74 Å². The van der Waals surface area contributed by atoms with E-state index in [1.807, 2.05) is 19.1 Å². The highest BCUT2D eigenvalue weighted by Crippen LogP contribution is 2.66. The second kappa shape index (κ2) is 7.53. The zero-order valence-electron chi connectivity index (χ0n) is 19.1. The molecule has 0 bridgehead atoms. The number of hydrogen-bond donors (Lipinski definition) is 0. The summed E-state index contributed by atoms with van der Waals surface area (Å²) in [6.45, 7) is 7.60. The van der Waals surface area contributed by atoms with Gasteiger partial charge in [0, 0.05) is 5.41 Å². The Bertz CT molecular complexity index is 837. The maximum Gasteiger partial charge on any atom is 0.165 e. The number of rotatable bonds is 3. The van der Waals surface area contributed by atoms with E-state index < -0.39 is 0 Å². The lowest BCUT2D eigenvalue weighted by Gasteiger charge is -2.59. The maximum atomic E-state index is 13.6. The summed E-state index contributed by atoms with van der Waals surface area (Å²) < 4.78 is 5.57. The molecule has 0 spiro atoms. The fourth-order valence-electron chi connectivity index (χ4n) is 8.12. The molecule has 4 saturated carbocycles. The highest BCUT2D eigenvalue weighted by molar-refractivity contribution is 6.05. The van der Waals surface area contributed by atoms with Gasteiger partial charge in [-0.15, -0.1) is 0 Å². The van der Waals surface area contributed by atoms with Crippen LogP contribution in [0, 0.1) is 34.5 Å². The van der Waals surface area contributed by atoms with Crippen molar-refractivity contribution in [3.8, 4) is 5.75 Å². The van der Waals surface area contributed by atoms with Gasteiger partial charge in [-0.2, -0.15) is 0 Å². The van der Waals surface area contributed by atoms with E-state index in [1.54, 1.807) is 0 Å². The predicted molar refractivity (Wildman–Crippen MR) is 122 cm³/mol. The topological polar surface area (TPSA) is 26.3 Å². The van der Waals surface area contributed by atoms with Crippen molar-refractivity contribution in [2.45, 2.75) is 78.6 Å². The van der Waals surface area contributed by atoms with Crippen LogP contribution in [-0.4, -0.2) is 12.4 Å². The summed E-state index contributed by atoms with van der Waals surface area (Å²) in [7, 11) is 0. The van der Waals surface area contributed by atoms with Crippen molar-refractivity contribution in [2.24, 2.45) is 34.5 Å². The molecule has 5 rings (SSSR count). The SMILES string of the molecule is CCOc1ccc(/C=C2\C[C@@H]3[C@@H]4CC[C@H]5CCCC[C@]5(C)[C@H]4CC[C@]3(C)C2=O)cc1. The van der Waals surface area contributed by atoms with E-state index in [0.717, 1.165) is 47.5 Å². The zero-order chi connectivity index (χ0) is 20.9. The van der Waals surface area contributed by atoms with Crippen LogP contribution in [0.4, 0.5) is 0 Å². The first-order valence-electron chi connectivity index (χ1n) is 12.4. The predicted octanol–water partition coefficient (Wildman–Crippen LogP) is 7.08. The molecular formula is C28H38O2. The Kier molecular flexibility index (Phi) is 5.11. The number of hydrogen-bond acceptors (Lipinski definition) is 2. The summed E-state index contributed by atoms with van der Waals surface area (Å²) in [5.41, 5.74) is 2.61. The highest BCUT2D eigenvalue weighted by atomic mass is 16.5. The average molecular weight is 407 g/mol. The van der Waals surface area contributed by atoms with Crippen LogP contribution in [0.2, 0.25) is 0 Å². The molecule has 6 atom stereocenters. The van der Waals surface area contributed by atoms with Gasteiger partial charge in [-0.25, -0.2) is 0 Å². The molecule has 30 heavy (non-hydrogen) atoms.